The maximum atomic E-state index is 12.9. The van der Waals surface area contributed by atoms with Crippen molar-refractivity contribution in [2.45, 2.75) is 12.5 Å². The number of benzene rings is 1. The van der Waals surface area contributed by atoms with Gasteiger partial charge in [0.25, 0.3) is 0 Å². The quantitative estimate of drug-likeness (QED) is 0.580. The number of hydrogen-bond acceptors (Lipinski definition) is 4. The molecule has 0 radical (unpaired) electrons. The number of carbonyl (C=O) groups is 3. The molecule has 1 aromatic carbocycles. The third-order valence-electron chi connectivity index (χ3n) is 2.23. The zero-order valence-corrected chi connectivity index (χ0v) is 9.72. The lowest BCUT2D eigenvalue weighted by Crippen LogP contribution is -2.39. The number of nitrogens with two attached hydrogens (primary N) is 2. The molecule has 0 spiro atoms. The smallest absolute Gasteiger partial charge is 0.337 e. The van der Waals surface area contributed by atoms with Crippen LogP contribution in [0.2, 0.25) is 0 Å². The van der Waals surface area contributed by atoms with Crippen LogP contribution in [0.3, 0.4) is 0 Å². The van der Waals surface area contributed by atoms with Crippen molar-refractivity contribution in [2.75, 3.05) is 5.32 Å². The maximum Gasteiger partial charge on any atom is 0.337 e. The largest absolute Gasteiger partial charge is 0.478 e. The number of hydrogen-bond donors (Lipinski definition) is 4. The second-order valence-corrected chi connectivity index (χ2v) is 3.76. The van der Waals surface area contributed by atoms with Gasteiger partial charge in [0.05, 0.1) is 23.7 Å². The van der Waals surface area contributed by atoms with Crippen molar-refractivity contribution in [3.63, 3.8) is 0 Å². The Kier molecular flexibility index (Phi) is 4.54. The zero-order valence-electron chi connectivity index (χ0n) is 9.72. The molecule has 0 aliphatic carbocycles. The van der Waals surface area contributed by atoms with Crippen LogP contribution in [-0.4, -0.2) is 28.9 Å². The first kappa shape index (κ1) is 14.6. The van der Waals surface area contributed by atoms with E-state index in [4.69, 9.17) is 16.6 Å². The molecule has 19 heavy (non-hydrogen) atoms. The fourth-order valence-electron chi connectivity index (χ4n) is 1.34. The van der Waals surface area contributed by atoms with Crippen molar-refractivity contribution in [1.29, 1.82) is 0 Å². The summed E-state index contributed by atoms with van der Waals surface area (Å²) in [5, 5.41) is 11.1. The van der Waals surface area contributed by atoms with Crippen LogP contribution in [0.25, 0.3) is 0 Å². The predicted molar refractivity (Wildman–Crippen MR) is 63.8 cm³/mol. The number of anilines is 1. The minimum Gasteiger partial charge on any atom is -0.478 e. The molecule has 0 saturated heterocycles. The number of amides is 2. The molecule has 1 aromatic rings. The lowest BCUT2D eigenvalue weighted by atomic mass is 10.1. The van der Waals surface area contributed by atoms with Gasteiger partial charge in [-0.15, -0.1) is 0 Å². The van der Waals surface area contributed by atoms with Crippen molar-refractivity contribution in [2.24, 2.45) is 11.5 Å². The van der Waals surface area contributed by atoms with E-state index >= 15 is 0 Å². The minimum absolute atomic E-state index is 0.112. The van der Waals surface area contributed by atoms with E-state index in [1.54, 1.807) is 0 Å². The highest BCUT2D eigenvalue weighted by molar-refractivity contribution is 6.03. The van der Waals surface area contributed by atoms with Gasteiger partial charge >= 0.3 is 5.97 Å². The van der Waals surface area contributed by atoms with Gasteiger partial charge in [0.2, 0.25) is 11.8 Å². The maximum absolute atomic E-state index is 12.9. The highest BCUT2D eigenvalue weighted by atomic mass is 19.1. The summed E-state index contributed by atoms with van der Waals surface area (Å²) in [5.74, 6) is -3.71. The van der Waals surface area contributed by atoms with E-state index in [0.717, 1.165) is 18.2 Å². The van der Waals surface area contributed by atoms with Crippen LogP contribution in [0.4, 0.5) is 10.1 Å². The fraction of sp³-hybridized carbons (Fsp3) is 0.182. The van der Waals surface area contributed by atoms with Crippen molar-refractivity contribution in [1.82, 2.24) is 0 Å². The number of primary amides is 1. The Bertz CT molecular complexity index is 533. The van der Waals surface area contributed by atoms with Gasteiger partial charge in [-0.3, -0.25) is 9.59 Å². The first-order valence-electron chi connectivity index (χ1n) is 5.19. The molecule has 0 heterocycles. The molecule has 0 bridgehead atoms. The van der Waals surface area contributed by atoms with E-state index in [1.165, 1.54) is 0 Å². The zero-order chi connectivity index (χ0) is 14.6. The Morgan fingerprint density at radius 1 is 1.37 bits per heavy atom. The summed E-state index contributed by atoms with van der Waals surface area (Å²) in [6.07, 6.45) is -0.380. The van der Waals surface area contributed by atoms with Crippen molar-refractivity contribution >= 4 is 23.5 Å². The summed E-state index contributed by atoms with van der Waals surface area (Å²) in [7, 11) is 0. The number of carboxylic acid groups (broad SMARTS) is 1. The van der Waals surface area contributed by atoms with Crippen LogP contribution in [0, 0.1) is 5.82 Å². The second-order valence-electron chi connectivity index (χ2n) is 3.76. The Morgan fingerprint density at radius 2 is 2.00 bits per heavy atom. The normalized spacial score (nSPS) is 11.7. The number of aromatic carboxylic acids is 1. The number of rotatable bonds is 5. The third-order valence-corrected chi connectivity index (χ3v) is 2.23. The van der Waals surface area contributed by atoms with E-state index in [2.05, 4.69) is 5.32 Å². The van der Waals surface area contributed by atoms with Crippen LogP contribution >= 0.6 is 0 Å². The molecule has 1 unspecified atom stereocenters. The number of carboxylic acids is 1. The number of nitrogens with one attached hydrogen (secondary N) is 1. The third kappa shape index (κ3) is 4.03. The molecular weight excluding hydrogens is 257 g/mol. The summed E-state index contributed by atoms with van der Waals surface area (Å²) in [6.45, 7) is 0. The molecule has 7 nitrogen and oxygen atoms in total. The molecule has 6 N–H and O–H groups in total. The van der Waals surface area contributed by atoms with Gasteiger partial charge in [-0.2, -0.15) is 0 Å². The molecule has 102 valence electrons. The molecule has 1 rings (SSSR count). The van der Waals surface area contributed by atoms with Crippen LogP contribution in [0.1, 0.15) is 16.8 Å². The van der Waals surface area contributed by atoms with Crippen LogP contribution in [-0.2, 0) is 9.59 Å². The van der Waals surface area contributed by atoms with Crippen molar-refractivity contribution in [3.05, 3.63) is 29.6 Å². The van der Waals surface area contributed by atoms with Crippen LogP contribution in [0.15, 0.2) is 18.2 Å². The van der Waals surface area contributed by atoms with E-state index < -0.39 is 35.2 Å². The monoisotopic (exact) mass is 269 g/mol. The average molecular weight is 269 g/mol. The lowest BCUT2D eigenvalue weighted by Gasteiger charge is -2.12. The van der Waals surface area contributed by atoms with E-state index in [9.17, 15) is 18.8 Å². The Balaban J connectivity index is 2.90. The summed E-state index contributed by atoms with van der Waals surface area (Å²) in [6, 6.07) is 1.64. The summed E-state index contributed by atoms with van der Waals surface area (Å²) >= 11 is 0. The van der Waals surface area contributed by atoms with Crippen molar-refractivity contribution < 1.29 is 23.9 Å². The Morgan fingerprint density at radius 3 is 2.53 bits per heavy atom. The molecular formula is C11H12FN3O4. The first-order valence-corrected chi connectivity index (χ1v) is 5.19. The first-order chi connectivity index (χ1) is 8.81. The average Bonchev–Trinajstić information content (AvgIpc) is 2.30. The number of carbonyl (C=O) groups excluding carboxylic acids is 2. The highest BCUT2D eigenvalue weighted by Crippen LogP contribution is 2.17. The summed E-state index contributed by atoms with van der Waals surface area (Å²) in [5.41, 5.74) is 9.74. The lowest BCUT2D eigenvalue weighted by molar-refractivity contribution is -0.123. The van der Waals surface area contributed by atoms with Gasteiger partial charge in [0, 0.05) is 0 Å². The molecule has 2 amide bonds. The molecule has 8 heteroatoms. The molecule has 0 fully saturated rings. The van der Waals surface area contributed by atoms with Crippen LogP contribution in [0.5, 0.6) is 0 Å². The van der Waals surface area contributed by atoms with E-state index in [-0.39, 0.29) is 12.1 Å². The predicted octanol–water partition coefficient (Wildman–Crippen LogP) is -0.335. The van der Waals surface area contributed by atoms with Crippen LogP contribution < -0.4 is 16.8 Å². The molecule has 0 aromatic heterocycles. The fourth-order valence-corrected chi connectivity index (χ4v) is 1.34. The molecule has 0 aliphatic rings. The van der Waals surface area contributed by atoms with Gasteiger partial charge in [-0.25, -0.2) is 9.18 Å². The van der Waals surface area contributed by atoms with Gasteiger partial charge in [0.1, 0.15) is 5.82 Å². The standard InChI is InChI=1S/C11H12FN3O4/c12-5-1-2-8(6(3-5)11(18)19)15-10(17)7(13)4-9(14)16/h1-3,7H,4,13H2,(H2,14,16)(H,15,17)(H,18,19). The minimum atomic E-state index is -1.40. The highest BCUT2D eigenvalue weighted by Gasteiger charge is 2.19. The Hall–Kier alpha value is -2.48. The van der Waals surface area contributed by atoms with Gasteiger partial charge in [-0.1, -0.05) is 0 Å². The Labute approximate surface area is 107 Å². The molecule has 0 aliphatic heterocycles. The van der Waals surface area contributed by atoms with Gasteiger partial charge < -0.3 is 21.9 Å². The summed E-state index contributed by atoms with van der Waals surface area (Å²) < 4.78 is 12.9. The van der Waals surface area contributed by atoms with Gasteiger partial charge in [-0.05, 0) is 18.2 Å². The molecule has 1 atom stereocenters. The van der Waals surface area contributed by atoms with Gasteiger partial charge in [0.15, 0.2) is 0 Å². The topological polar surface area (TPSA) is 136 Å². The van der Waals surface area contributed by atoms with E-state index in [1.807, 2.05) is 0 Å². The summed E-state index contributed by atoms with van der Waals surface area (Å²) in [4.78, 5) is 33.1. The molecule has 0 saturated carbocycles. The van der Waals surface area contributed by atoms with Crippen molar-refractivity contribution in [3.8, 4) is 0 Å². The van der Waals surface area contributed by atoms with E-state index in [0.29, 0.717) is 0 Å². The SMILES string of the molecule is NC(=O)CC(N)C(=O)Nc1ccc(F)cc1C(=O)O. The number of halogens is 1. The second kappa shape index (κ2) is 5.91.